The molecule has 0 radical (unpaired) electrons. The summed E-state index contributed by atoms with van der Waals surface area (Å²) in [7, 11) is 0. The third-order valence-corrected chi connectivity index (χ3v) is 2.27. The summed E-state index contributed by atoms with van der Waals surface area (Å²) in [5.41, 5.74) is 1.73. The highest BCUT2D eigenvalue weighted by molar-refractivity contribution is 5.93. The average Bonchev–Trinajstić information content (AvgIpc) is 2.19. The van der Waals surface area contributed by atoms with Crippen molar-refractivity contribution in [2.45, 2.75) is 39.5 Å². The predicted octanol–water partition coefficient (Wildman–Crippen LogP) is 3.02. The lowest BCUT2D eigenvalue weighted by Gasteiger charge is -2.04. The summed E-state index contributed by atoms with van der Waals surface area (Å²) in [6.07, 6.45) is 6.21. The summed E-state index contributed by atoms with van der Waals surface area (Å²) in [4.78, 5) is 15.3. The van der Waals surface area contributed by atoms with E-state index in [1.165, 1.54) is 12.8 Å². The number of aryl methyl sites for hydroxylation is 1. The van der Waals surface area contributed by atoms with E-state index in [9.17, 15) is 4.79 Å². The molecule has 1 rings (SSSR count). The number of ketones is 1. The third-order valence-electron chi connectivity index (χ3n) is 2.27. The molecule has 0 aliphatic rings. The Bertz CT molecular complexity index is 307. The van der Waals surface area contributed by atoms with Gasteiger partial charge in [-0.1, -0.05) is 25.8 Å². The van der Waals surface area contributed by atoms with Gasteiger partial charge in [0.25, 0.3) is 0 Å². The molecule has 0 aromatic carbocycles. The number of pyridine rings is 1. The van der Waals surface area contributed by atoms with Crippen molar-refractivity contribution in [1.29, 1.82) is 0 Å². The van der Waals surface area contributed by atoms with E-state index in [1.807, 2.05) is 12.1 Å². The molecule has 0 aliphatic carbocycles. The molecule has 2 heteroatoms. The molecule has 0 aliphatic heterocycles. The van der Waals surface area contributed by atoms with Crippen molar-refractivity contribution in [3.63, 3.8) is 0 Å². The van der Waals surface area contributed by atoms with Crippen LogP contribution >= 0.6 is 0 Å². The number of hydrogen-bond donors (Lipinski definition) is 0. The monoisotopic (exact) mass is 191 g/mol. The van der Waals surface area contributed by atoms with Crippen LogP contribution in [0, 0.1) is 0 Å². The first kappa shape index (κ1) is 10.9. The third kappa shape index (κ3) is 2.95. The molecule has 0 atom stereocenters. The largest absolute Gasteiger partial charge is 0.293 e. The lowest BCUT2D eigenvalue weighted by Crippen LogP contribution is -2.02. The molecule has 0 amide bonds. The Morgan fingerprint density at radius 2 is 2.21 bits per heavy atom. The minimum absolute atomic E-state index is 0.0668. The van der Waals surface area contributed by atoms with E-state index in [0.29, 0.717) is 5.69 Å². The highest BCUT2D eigenvalue weighted by Crippen LogP contribution is 2.10. The molecule has 1 heterocycles. The Morgan fingerprint density at radius 1 is 1.43 bits per heavy atom. The second-order valence-corrected chi connectivity index (χ2v) is 3.52. The Kier molecular flexibility index (Phi) is 4.30. The number of Topliss-reactive ketones (excluding diaryl/α,β-unsaturated/α-hetero) is 1. The molecular formula is C12H17NO. The normalized spacial score (nSPS) is 10.1. The van der Waals surface area contributed by atoms with E-state index in [-0.39, 0.29) is 5.78 Å². The molecule has 0 N–H and O–H groups in total. The Morgan fingerprint density at radius 3 is 2.86 bits per heavy atom. The zero-order valence-electron chi connectivity index (χ0n) is 8.92. The molecule has 0 saturated heterocycles. The molecule has 0 fully saturated rings. The molecule has 2 nitrogen and oxygen atoms in total. The first-order valence-corrected chi connectivity index (χ1v) is 5.20. The van der Waals surface area contributed by atoms with Crippen LogP contribution in [0.5, 0.6) is 0 Å². The van der Waals surface area contributed by atoms with Gasteiger partial charge in [0.15, 0.2) is 5.78 Å². The summed E-state index contributed by atoms with van der Waals surface area (Å²) >= 11 is 0. The lowest BCUT2D eigenvalue weighted by atomic mass is 10.0. The molecule has 0 spiro atoms. The summed E-state index contributed by atoms with van der Waals surface area (Å²) in [5, 5.41) is 0. The van der Waals surface area contributed by atoms with Gasteiger partial charge in [0.05, 0.1) is 0 Å². The van der Waals surface area contributed by atoms with Crippen molar-refractivity contribution in [3.8, 4) is 0 Å². The molecule has 76 valence electrons. The van der Waals surface area contributed by atoms with Crippen LogP contribution in [0.2, 0.25) is 0 Å². The van der Waals surface area contributed by atoms with Crippen LogP contribution in [-0.2, 0) is 6.42 Å². The first-order valence-electron chi connectivity index (χ1n) is 5.20. The van der Waals surface area contributed by atoms with Crippen LogP contribution < -0.4 is 0 Å². The van der Waals surface area contributed by atoms with Gasteiger partial charge in [-0.3, -0.25) is 9.78 Å². The lowest BCUT2D eigenvalue weighted by molar-refractivity contribution is 0.101. The summed E-state index contributed by atoms with van der Waals surface area (Å²) in [6, 6.07) is 3.90. The van der Waals surface area contributed by atoms with Crippen LogP contribution in [0.25, 0.3) is 0 Å². The number of unbranched alkanes of at least 4 members (excludes halogenated alkanes) is 2. The Labute approximate surface area is 85.4 Å². The molecule has 1 aromatic rings. The second-order valence-electron chi connectivity index (χ2n) is 3.52. The highest BCUT2D eigenvalue weighted by Gasteiger charge is 2.06. The van der Waals surface area contributed by atoms with Crippen molar-refractivity contribution in [2.24, 2.45) is 0 Å². The van der Waals surface area contributed by atoms with E-state index in [1.54, 1.807) is 13.1 Å². The number of aromatic nitrogens is 1. The standard InChI is InChI=1S/C12H17NO/c1-3-4-5-7-11-8-6-9-13-12(11)10(2)14/h6,8-9H,3-5,7H2,1-2H3. The SMILES string of the molecule is CCCCCc1cccnc1C(C)=O. The van der Waals surface area contributed by atoms with Gasteiger partial charge in [0.2, 0.25) is 0 Å². The minimum atomic E-state index is 0.0668. The highest BCUT2D eigenvalue weighted by atomic mass is 16.1. The number of hydrogen-bond acceptors (Lipinski definition) is 2. The van der Waals surface area contributed by atoms with Gasteiger partial charge in [-0.2, -0.15) is 0 Å². The van der Waals surface area contributed by atoms with Crippen molar-refractivity contribution >= 4 is 5.78 Å². The van der Waals surface area contributed by atoms with Gasteiger partial charge in [-0.05, 0) is 24.5 Å². The van der Waals surface area contributed by atoms with Crippen LogP contribution in [0.1, 0.15) is 49.2 Å². The van der Waals surface area contributed by atoms with Crippen molar-refractivity contribution in [3.05, 3.63) is 29.6 Å². The fourth-order valence-electron chi connectivity index (χ4n) is 1.52. The summed E-state index contributed by atoms with van der Waals surface area (Å²) < 4.78 is 0. The van der Waals surface area contributed by atoms with Crippen LogP contribution in [0.15, 0.2) is 18.3 Å². The van der Waals surface area contributed by atoms with E-state index in [4.69, 9.17) is 0 Å². The molecule has 14 heavy (non-hydrogen) atoms. The Balaban J connectivity index is 2.69. The van der Waals surface area contributed by atoms with Crippen LogP contribution in [-0.4, -0.2) is 10.8 Å². The molecule has 0 saturated carbocycles. The predicted molar refractivity (Wildman–Crippen MR) is 57.5 cm³/mol. The van der Waals surface area contributed by atoms with Crippen LogP contribution in [0.4, 0.5) is 0 Å². The molecular weight excluding hydrogens is 174 g/mol. The van der Waals surface area contributed by atoms with Gasteiger partial charge in [-0.25, -0.2) is 0 Å². The molecule has 1 aromatic heterocycles. The van der Waals surface area contributed by atoms with Crippen molar-refractivity contribution in [2.75, 3.05) is 0 Å². The van der Waals surface area contributed by atoms with Crippen molar-refractivity contribution < 1.29 is 4.79 Å². The first-order chi connectivity index (χ1) is 6.75. The summed E-state index contributed by atoms with van der Waals surface area (Å²) in [5.74, 6) is 0.0668. The van der Waals surface area contributed by atoms with Gasteiger partial charge >= 0.3 is 0 Å². The quantitative estimate of drug-likeness (QED) is 0.529. The maximum atomic E-state index is 11.2. The average molecular weight is 191 g/mol. The maximum Gasteiger partial charge on any atom is 0.178 e. The van der Waals surface area contributed by atoms with E-state index >= 15 is 0 Å². The van der Waals surface area contributed by atoms with Gasteiger partial charge in [0, 0.05) is 13.1 Å². The number of carbonyl (C=O) groups is 1. The number of rotatable bonds is 5. The summed E-state index contributed by atoms with van der Waals surface area (Å²) in [6.45, 7) is 3.75. The van der Waals surface area contributed by atoms with E-state index in [2.05, 4.69) is 11.9 Å². The number of nitrogens with zero attached hydrogens (tertiary/aromatic N) is 1. The smallest absolute Gasteiger partial charge is 0.178 e. The fourth-order valence-corrected chi connectivity index (χ4v) is 1.52. The van der Waals surface area contributed by atoms with Gasteiger partial charge in [-0.15, -0.1) is 0 Å². The van der Waals surface area contributed by atoms with E-state index < -0.39 is 0 Å². The van der Waals surface area contributed by atoms with Crippen molar-refractivity contribution in [1.82, 2.24) is 4.98 Å². The van der Waals surface area contributed by atoms with Crippen LogP contribution in [0.3, 0.4) is 0 Å². The zero-order chi connectivity index (χ0) is 10.4. The van der Waals surface area contributed by atoms with Gasteiger partial charge in [0.1, 0.15) is 5.69 Å². The Hall–Kier alpha value is -1.18. The van der Waals surface area contributed by atoms with Gasteiger partial charge < -0.3 is 0 Å². The zero-order valence-corrected chi connectivity index (χ0v) is 8.92. The molecule has 0 unspecified atom stereocenters. The maximum absolute atomic E-state index is 11.2. The molecule has 0 bridgehead atoms. The van der Waals surface area contributed by atoms with E-state index in [0.717, 1.165) is 18.4 Å². The second kappa shape index (κ2) is 5.53. The minimum Gasteiger partial charge on any atom is -0.293 e. The number of carbonyl (C=O) groups excluding carboxylic acids is 1. The topological polar surface area (TPSA) is 30.0 Å². The fraction of sp³-hybridized carbons (Fsp3) is 0.500.